The number of benzene rings is 12. The highest BCUT2D eigenvalue weighted by molar-refractivity contribution is 5.92. The van der Waals surface area contributed by atoms with Gasteiger partial charge in [0.1, 0.15) is 24.7 Å². The van der Waals surface area contributed by atoms with Gasteiger partial charge >= 0.3 is 0 Å². The second-order valence-corrected chi connectivity index (χ2v) is 23.0. The lowest BCUT2D eigenvalue weighted by Gasteiger charge is -2.35. The number of hydrogen-bond acceptors (Lipinski definition) is 4. The zero-order chi connectivity index (χ0) is 61.7. The molecule has 2 unspecified atom stereocenters. The minimum atomic E-state index is -0.969. The van der Waals surface area contributed by atoms with E-state index in [1.54, 1.807) is 24.3 Å². The van der Waals surface area contributed by atoms with Gasteiger partial charge in [0.25, 0.3) is 0 Å². The largest absolute Gasteiger partial charge is 0.490 e. The van der Waals surface area contributed by atoms with E-state index in [4.69, 9.17) is 9.47 Å². The monoisotopic (exact) mass is 1180 g/mol. The molecule has 90 heavy (non-hydrogen) atoms. The molecule has 0 N–H and O–H groups in total. The standard InChI is InChI=1S/C82H60F4N2O2/c1-5-47-89-67-39-27-59(28-40-67)81(57-23-15-53(3)16-24-57)73-13-9-7-11-69(73)71-43-35-63(49-75(71)81)87(65-37-45-77(83)79(85)51-65)61-31-19-55(20-32-61)56-21-33-62(34-22-56)88(66-38-46-78(84)80(86)52-66)64-36-44-72-70-12-8-10-14-74(70)82(76(72)50-64,58-25-17-54(4)18-26-58)60-29-41-68(42-30-60)90-48-6-2/h5-46,49-52H,1-2,47-48H2,3-4H3. The van der Waals surface area contributed by atoms with Crippen LogP contribution in [0.15, 0.2) is 292 Å². The predicted octanol–water partition coefficient (Wildman–Crippen LogP) is 21.3. The van der Waals surface area contributed by atoms with Gasteiger partial charge in [0.2, 0.25) is 0 Å². The van der Waals surface area contributed by atoms with Gasteiger partial charge in [-0.15, -0.1) is 0 Å². The van der Waals surface area contributed by atoms with E-state index in [0.717, 1.165) is 124 Å². The van der Waals surface area contributed by atoms with Crippen molar-refractivity contribution in [1.29, 1.82) is 0 Å². The Morgan fingerprint density at radius 2 is 0.633 bits per heavy atom. The highest BCUT2D eigenvalue weighted by atomic mass is 19.2. The molecule has 0 bridgehead atoms. The van der Waals surface area contributed by atoms with Crippen molar-refractivity contribution in [3.05, 3.63) is 371 Å². The molecule has 438 valence electrons. The van der Waals surface area contributed by atoms with E-state index in [2.05, 4.69) is 173 Å². The lowest BCUT2D eigenvalue weighted by Crippen LogP contribution is -2.29. The van der Waals surface area contributed by atoms with Crippen LogP contribution in [0.3, 0.4) is 0 Å². The molecule has 2 aliphatic rings. The summed E-state index contributed by atoms with van der Waals surface area (Å²) in [6, 6.07) is 87.6. The first-order valence-electron chi connectivity index (χ1n) is 30.0. The molecule has 12 aromatic carbocycles. The van der Waals surface area contributed by atoms with Gasteiger partial charge in [-0.1, -0.05) is 194 Å². The van der Waals surface area contributed by atoms with E-state index < -0.39 is 34.1 Å². The average molecular weight is 1180 g/mol. The Bertz CT molecular complexity index is 4400. The second-order valence-electron chi connectivity index (χ2n) is 23.0. The zero-order valence-corrected chi connectivity index (χ0v) is 49.6. The van der Waals surface area contributed by atoms with Crippen LogP contribution in [-0.2, 0) is 10.8 Å². The Labute approximate surface area is 522 Å². The average Bonchev–Trinajstić information content (AvgIpc) is 1.53. The predicted molar refractivity (Wildman–Crippen MR) is 357 cm³/mol. The van der Waals surface area contributed by atoms with Gasteiger partial charge in [-0.05, 0) is 189 Å². The number of nitrogens with zero attached hydrogens (tertiary/aromatic N) is 2. The van der Waals surface area contributed by atoms with Crippen molar-refractivity contribution in [2.75, 3.05) is 23.0 Å². The molecule has 4 nitrogen and oxygen atoms in total. The van der Waals surface area contributed by atoms with Crippen LogP contribution in [0.25, 0.3) is 33.4 Å². The van der Waals surface area contributed by atoms with Crippen molar-refractivity contribution in [2.45, 2.75) is 24.7 Å². The molecule has 0 saturated heterocycles. The molecule has 2 atom stereocenters. The van der Waals surface area contributed by atoms with E-state index in [9.17, 15) is 8.78 Å². The van der Waals surface area contributed by atoms with E-state index in [-0.39, 0.29) is 0 Å². The molecule has 12 aromatic rings. The highest BCUT2D eigenvalue weighted by Gasteiger charge is 2.48. The van der Waals surface area contributed by atoms with E-state index in [1.165, 1.54) is 12.1 Å². The molecule has 0 amide bonds. The number of fused-ring (bicyclic) bond motifs is 6. The molecular formula is C82H60F4N2O2. The van der Waals surface area contributed by atoms with Crippen molar-refractivity contribution in [3.63, 3.8) is 0 Å². The summed E-state index contributed by atoms with van der Waals surface area (Å²) in [7, 11) is 0. The summed E-state index contributed by atoms with van der Waals surface area (Å²) in [6.07, 6.45) is 3.45. The lowest BCUT2D eigenvalue weighted by atomic mass is 9.67. The number of rotatable bonds is 17. The molecule has 0 heterocycles. The molecule has 2 aliphatic carbocycles. The minimum absolute atomic E-state index is 0.376. The zero-order valence-electron chi connectivity index (χ0n) is 49.6. The van der Waals surface area contributed by atoms with Gasteiger partial charge in [-0.25, -0.2) is 17.6 Å². The maximum Gasteiger partial charge on any atom is 0.160 e. The van der Waals surface area contributed by atoms with Crippen LogP contribution >= 0.6 is 0 Å². The summed E-state index contributed by atoms with van der Waals surface area (Å²) in [4.78, 5) is 3.92. The van der Waals surface area contributed by atoms with Crippen molar-refractivity contribution >= 4 is 34.1 Å². The summed E-state index contributed by atoms with van der Waals surface area (Å²) < 4.78 is 73.0. The Hall–Kier alpha value is -11.0. The molecule has 0 aliphatic heterocycles. The first kappa shape index (κ1) is 56.8. The number of aryl methyl sites for hydroxylation is 2. The van der Waals surface area contributed by atoms with E-state index >= 15 is 8.78 Å². The SMILES string of the molecule is C=CCOc1ccc(C2(c3ccc(C)cc3)c3ccccc3-c3ccc(N(c4ccc(-c5ccc(N(c6ccc(F)c(F)c6)c6ccc7c(c6)C(c6ccc(C)cc6)(c6ccc(OCC=C)cc6)c6ccccc6-7)cc5)cc4)c4ccc(F)c(F)c4)cc32)cc1. The fraction of sp³-hybridized carbons (Fsp3) is 0.0732. The number of halogens is 4. The van der Waals surface area contributed by atoms with Crippen molar-refractivity contribution in [3.8, 4) is 44.9 Å². The van der Waals surface area contributed by atoms with E-state index in [0.29, 0.717) is 36.0 Å². The first-order valence-corrected chi connectivity index (χ1v) is 30.0. The lowest BCUT2D eigenvalue weighted by molar-refractivity contribution is 0.363. The maximum absolute atomic E-state index is 15.6. The number of ether oxygens (including phenoxy) is 2. The van der Waals surface area contributed by atoms with Crippen molar-refractivity contribution < 1.29 is 27.0 Å². The molecule has 0 saturated carbocycles. The topological polar surface area (TPSA) is 24.9 Å². The molecule has 0 fully saturated rings. The van der Waals surface area contributed by atoms with Crippen molar-refractivity contribution in [1.82, 2.24) is 0 Å². The Balaban J connectivity index is 0.862. The summed E-state index contributed by atoms with van der Waals surface area (Å²) in [6.45, 7) is 12.6. The fourth-order valence-corrected chi connectivity index (χ4v) is 13.7. The van der Waals surface area contributed by atoms with Crippen molar-refractivity contribution in [2.24, 2.45) is 0 Å². The minimum Gasteiger partial charge on any atom is -0.490 e. The third kappa shape index (κ3) is 9.63. The maximum atomic E-state index is 15.6. The number of hydrogen-bond donors (Lipinski definition) is 0. The van der Waals surface area contributed by atoms with Crippen LogP contribution in [-0.4, -0.2) is 13.2 Å². The number of anilines is 6. The Morgan fingerprint density at radius 3 is 0.989 bits per heavy atom. The van der Waals surface area contributed by atoms with Gasteiger partial charge in [0.15, 0.2) is 23.3 Å². The summed E-state index contributed by atoms with van der Waals surface area (Å²) in [5.74, 6) is -2.38. The highest BCUT2D eigenvalue weighted by Crippen LogP contribution is 2.59. The van der Waals surface area contributed by atoms with Gasteiger partial charge < -0.3 is 19.3 Å². The molecule has 14 rings (SSSR count). The molecule has 0 aromatic heterocycles. The third-order valence-corrected chi connectivity index (χ3v) is 17.8. The van der Waals surface area contributed by atoms with Crippen LogP contribution < -0.4 is 19.3 Å². The van der Waals surface area contributed by atoms with Crippen LogP contribution in [0.1, 0.15) is 55.6 Å². The summed E-state index contributed by atoms with van der Waals surface area (Å²) in [5.41, 5.74) is 19.1. The quantitative estimate of drug-likeness (QED) is 0.0670. The van der Waals surface area contributed by atoms with Crippen LogP contribution in [0.4, 0.5) is 51.7 Å². The van der Waals surface area contributed by atoms with Gasteiger partial charge in [0.05, 0.1) is 10.8 Å². The molecule has 8 heteroatoms. The van der Waals surface area contributed by atoms with Crippen LogP contribution in [0.2, 0.25) is 0 Å². The normalized spacial score (nSPS) is 15.0. The molecular weight excluding hydrogens is 1120 g/mol. The molecule has 0 spiro atoms. The summed E-state index contributed by atoms with van der Waals surface area (Å²) in [5, 5.41) is 0. The van der Waals surface area contributed by atoms with Gasteiger partial charge in [-0.2, -0.15) is 0 Å². The molecule has 0 radical (unpaired) electrons. The smallest absolute Gasteiger partial charge is 0.160 e. The summed E-state index contributed by atoms with van der Waals surface area (Å²) >= 11 is 0. The Kier molecular flexibility index (Phi) is 14.7. The fourth-order valence-electron chi connectivity index (χ4n) is 13.7. The second kappa shape index (κ2) is 23.3. The van der Waals surface area contributed by atoms with Gasteiger partial charge in [0, 0.05) is 46.3 Å². The third-order valence-electron chi connectivity index (χ3n) is 17.8. The Morgan fingerprint density at radius 1 is 0.322 bits per heavy atom. The van der Waals surface area contributed by atoms with E-state index in [1.807, 2.05) is 94.7 Å². The first-order chi connectivity index (χ1) is 44.0. The van der Waals surface area contributed by atoms with Crippen LogP contribution in [0.5, 0.6) is 11.5 Å². The van der Waals surface area contributed by atoms with Gasteiger partial charge in [-0.3, -0.25) is 0 Å². The van der Waals surface area contributed by atoms with Crippen LogP contribution in [0, 0.1) is 37.1 Å².